The summed E-state index contributed by atoms with van der Waals surface area (Å²) in [5.41, 5.74) is 1.08. The molecule has 0 radical (unpaired) electrons. The summed E-state index contributed by atoms with van der Waals surface area (Å²) in [7, 11) is 0. The zero-order valence-electron chi connectivity index (χ0n) is 11.4. The second-order valence-corrected chi connectivity index (χ2v) is 4.76. The number of H-pyrrole nitrogens is 1. The van der Waals surface area contributed by atoms with E-state index in [0.717, 1.165) is 11.4 Å². The smallest absolute Gasteiger partial charge is 0.133 e. The van der Waals surface area contributed by atoms with Crippen molar-refractivity contribution in [3.63, 3.8) is 0 Å². The van der Waals surface area contributed by atoms with Crippen LogP contribution in [0.3, 0.4) is 0 Å². The molecule has 0 aliphatic heterocycles. The van der Waals surface area contributed by atoms with E-state index in [2.05, 4.69) is 15.3 Å². The molecule has 2 heterocycles. The second kappa shape index (κ2) is 6.39. The summed E-state index contributed by atoms with van der Waals surface area (Å²) >= 11 is 0. The van der Waals surface area contributed by atoms with E-state index in [1.54, 1.807) is 30.8 Å². The molecule has 5 heteroatoms. The number of aliphatic hydroxyl groups excluding tert-OH is 1. The average molecular weight is 283 g/mol. The van der Waals surface area contributed by atoms with Crippen molar-refractivity contribution in [2.75, 3.05) is 6.54 Å². The first-order valence-corrected chi connectivity index (χ1v) is 6.83. The van der Waals surface area contributed by atoms with Crippen LogP contribution in [0.15, 0.2) is 65.5 Å². The first kappa shape index (κ1) is 13.6. The van der Waals surface area contributed by atoms with Crippen molar-refractivity contribution in [1.82, 2.24) is 15.3 Å². The summed E-state index contributed by atoms with van der Waals surface area (Å²) < 4.78 is 5.21. The Hall–Kier alpha value is -2.37. The van der Waals surface area contributed by atoms with Crippen LogP contribution in [0.2, 0.25) is 0 Å². The van der Waals surface area contributed by atoms with E-state index in [1.165, 1.54) is 0 Å². The van der Waals surface area contributed by atoms with E-state index in [4.69, 9.17) is 4.42 Å². The molecular weight excluding hydrogens is 266 g/mol. The molecule has 2 unspecified atom stereocenters. The zero-order chi connectivity index (χ0) is 14.5. The van der Waals surface area contributed by atoms with Gasteiger partial charge in [0.05, 0.1) is 12.3 Å². The number of hydrogen-bond acceptors (Lipinski definition) is 4. The van der Waals surface area contributed by atoms with Gasteiger partial charge in [-0.1, -0.05) is 30.3 Å². The number of aromatic nitrogens is 2. The van der Waals surface area contributed by atoms with Crippen molar-refractivity contribution in [2.45, 2.75) is 12.1 Å². The van der Waals surface area contributed by atoms with Gasteiger partial charge in [0.1, 0.15) is 17.7 Å². The van der Waals surface area contributed by atoms with Gasteiger partial charge < -0.3 is 19.8 Å². The summed E-state index contributed by atoms with van der Waals surface area (Å²) in [6.45, 7) is 0.369. The minimum Gasteiger partial charge on any atom is -0.467 e. The number of benzene rings is 1. The molecule has 2 aromatic heterocycles. The lowest BCUT2D eigenvalue weighted by Crippen LogP contribution is -2.28. The van der Waals surface area contributed by atoms with Crippen LogP contribution in [0.5, 0.6) is 0 Å². The largest absolute Gasteiger partial charge is 0.467 e. The Balaban J connectivity index is 1.74. The molecule has 2 atom stereocenters. The third-order valence-electron chi connectivity index (χ3n) is 3.31. The van der Waals surface area contributed by atoms with Crippen LogP contribution in [0.4, 0.5) is 0 Å². The molecule has 0 spiro atoms. The normalized spacial score (nSPS) is 14.0. The Morgan fingerprint density at radius 2 is 2.05 bits per heavy atom. The van der Waals surface area contributed by atoms with Gasteiger partial charge in [0.15, 0.2) is 0 Å². The number of imidazole rings is 1. The van der Waals surface area contributed by atoms with E-state index in [-0.39, 0.29) is 6.04 Å². The van der Waals surface area contributed by atoms with E-state index < -0.39 is 6.10 Å². The fourth-order valence-electron chi connectivity index (χ4n) is 2.26. The predicted octanol–water partition coefficient (Wildman–Crippen LogP) is 2.42. The van der Waals surface area contributed by atoms with Crippen LogP contribution in [-0.4, -0.2) is 21.6 Å². The van der Waals surface area contributed by atoms with E-state index in [0.29, 0.717) is 12.3 Å². The fraction of sp³-hybridized carbons (Fsp3) is 0.188. The average Bonchev–Trinajstić information content (AvgIpc) is 3.22. The number of aliphatic hydroxyl groups is 1. The maximum Gasteiger partial charge on any atom is 0.133 e. The van der Waals surface area contributed by atoms with Gasteiger partial charge in [0.2, 0.25) is 0 Å². The number of aromatic amines is 1. The van der Waals surface area contributed by atoms with E-state index >= 15 is 0 Å². The molecule has 0 bridgehead atoms. The summed E-state index contributed by atoms with van der Waals surface area (Å²) in [4.78, 5) is 7.43. The van der Waals surface area contributed by atoms with Crippen LogP contribution < -0.4 is 5.32 Å². The molecule has 21 heavy (non-hydrogen) atoms. The first-order chi connectivity index (χ1) is 10.3. The summed E-state index contributed by atoms with van der Waals surface area (Å²) in [5, 5.41) is 13.4. The number of rotatable bonds is 6. The lowest BCUT2D eigenvalue weighted by molar-refractivity contribution is 0.144. The minimum atomic E-state index is -0.693. The van der Waals surface area contributed by atoms with Crippen LogP contribution in [-0.2, 0) is 0 Å². The standard InChI is InChI=1S/C16H17N3O2/c20-13(14-7-4-10-21-14)11-19-15(16-17-8-9-18-16)12-5-2-1-3-6-12/h1-10,13,15,19-20H,11H2,(H,17,18). The highest BCUT2D eigenvalue weighted by atomic mass is 16.4. The maximum atomic E-state index is 10.1. The molecule has 5 nitrogen and oxygen atoms in total. The zero-order valence-corrected chi connectivity index (χ0v) is 11.4. The molecule has 0 aliphatic rings. The lowest BCUT2D eigenvalue weighted by atomic mass is 10.1. The van der Waals surface area contributed by atoms with E-state index in [9.17, 15) is 5.11 Å². The highest BCUT2D eigenvalue weighted by Crippen LogP contribution is 2.20. The van der Waals surface area contributed by atoms with E-state index in [1.807, 2.05) is 30.3 Å². The molecule has 0 saturated heterocycles. The van der Waals surface area contributed by atoms with Crippen molar-refractivity contribution < 1.29 is 9.52 Å². The molecule has 3 rings (SSSR count). The molecule has 0 saturated carbocycles. The van der Waals surface area contributed by atoms with Crippen molar-refractivity contribution in [1.29, 1.82) is 0 Å². The molecule has 0 aliphatic carbocycles. The van der Waals surface area contributed by atoms with Crippen molar-refractivity contribution >= 4 is 0 Å². The van der Waals surface area contributed by atoms with Crippen LogP contribution in [0, 0.1) is 0 Å². The van der Waals surface area contributed by atoms with Gasteiger partial charge >= 0.3 is 0 Å². The fourth-order valence-corrected chi connectivity index (χ4v) is 2.26. The molecule has 0 amide bonds. The van der Waals surface area contributed by atoms with Gasteiger partial charge in [-0.3, -0.25) is 0 Å². The van der Waals surface area contributed by atoms with Crippen LogP contribution in [0.25, 0.3) is 0 Å². The molecule has 0 fully saturated rings. The van der Waals surface area contributed by atoms with Gasteiger partial charge in [-0.15, -0.1) is 0 Å². The topological polar surface area (TPSA) is 74.1 Å². The molecule has 1 aromatic carbocycles. The molecule has 3 aromatic rings. The number of hydrogen-bond donors (Lipinski definition) is 3. The Kier molecular flexibility index (Phi) is 4.14. The Labute approximate surface area is 122 Å². The quantitative estimate of drug-likeness (QED) is 0.649. The Bertz CT molecular complexity index is 635. The van der Waals surface area contributed by atoms with Gasteiger partial charge in [-0.05, 0) is 17.7 Å². The van der Waals surface area contributed by atoms with Crippen LogP contribution >= 0.6 is 0 Å². The van der Waals surface area contributed by atoms with Gasteiger partial charge in [-0.25, -0.2) is 4.98 Å². The van der Waals surface area contributed by atoms with Gasteiger partial charge in [-0.2, -0.15) is 0 Å². The maximum absolute atomic E-state index is 10.1. The molecule has 3 N–H and O–H groups in total. The SMILES string of the molecule is OC(CNC(c1ccccc1)c1ncc[nH]1)c1ccco1. The van der Waals surface area contributed by atoms with Gasteiger partial charge in [0.25, 0.3) is 0 Å². The van der Waals surface area contributed by atoms with Gasteiger partial charge in [0, 0.05) is 18.9 Å². The minimum absolute atomic E-state index is 0.106. The van der Waals surface area contributed by atoms with Crippen molar-refractivity contribution in [3.05, 3.63) is 78.3 Å². The predicted molar refractivity (Wildman–Crippen MR) is 78.5 cm³/mol. The second-order valence-electron chi connectivity index (χ2n) is 4.76. The highest BCUT2D eigenvalue weighted by Gasteiger charge is 2.18. The third kappa shape index (κ3) is 3.21. The molecule has 108 valence electrons. The summed E-state index contributed by atoms with van der Waals surface area (Å²) in [6.07, 6.45) is 4.37. The van der Waals surface area contributed by atoms with Crippen molar-refractivity contribution in [3.8, 4) is 0 Å². The number of furan rings is 1. The lowest BCUT2D eigenvalue weighted by Gasteiger charge is -2.19. The number of nitrogens with zero attached hydrogens (tertiary/aromatic N) is 1. The monoisotopic (exact) mass is 283 g/mol. The summed E-state index contributed by atoms with van der Waals surface area (Å²) in [6, 6.07) is 13.4. The summed E-state index contributed by atoms with van der Waals surface area (Å²) in [5.74, 6) is 1.36. The third-order valence-corrected chi connectivity index (χ3v) is 3.31. The first-order valence-electron chi connectivity index (χ1n) is 6.83. The van der Waals surface area contributed by atoms with Crippen LogP contribution in [0.1, 0.15) is 29.3 Å². The number of nitrogens with one attached hydrogen (secondary N) is 2. The molecular formula is C16H17N3O2. The Morgan fingerprint density at radius 3 is 2.71 bits per heavy atom. The Morgan fingerprint density at radius 1 is 1.19 bits per heavy atom. The van der Waals surface area contributed by atoms with Crippen molar-refractivity contribution in [2.24, 2.45) is 0 Å². The highest BCUT2D eigenvalue weighted by molar-refractivity contribution is 5.24.